The minimum atomic E-state index is -0.555. The zero-order valence-corrected chi connectivity index (χ0v) is 10.7. The molecule has 1 fully saturated rings. The van der Waals surface area contributed by atoms with Crippen molar-refractivity contribution in [1.82, 2.24) is 4.90 Å². The summed E-state index contributed by atoms with van der Waals surface area (Å²) in [5.41, 5.74) is 5.90. The molecule has 19 heavy (non-hydrogen) atoms. The van der Waals surface area contributed by atoms with E-state index in [1.807, 2.05) is 24.3 Å². The first-order chi connectivity index (χ1) is 9.24. The number of para-hydroxylation sites is 2. The van der Waals surface area contributed by atoms with Gasteiger partial charge in [-0.3, -0.25) is 4.79 Å². The molecule has 0 radical (unpaired) electrons. The van der Waals surface area contributed by atoms with Gasteiger partial charge in [0.05, 0.1) is 0 Å². The van der Waals surface area contributed by atoms with Crippen molar-refractivity contribution >= 4 is 5.91 Å². The third-order valence-electron chi connectivity index (χ3n) is 3.55. The molecule has 0 saturated carbocycles. The van der Waals surface area contributed by atoms with Crippen molar-refractivity contribution < 1.29 is 14.3 Å². The van der Waals surface area contributed by atoms with E-state index in [1.54, 1.807) is 4.90 Å². The summed E-state index contributed by atoms with van der Waals surface area (Å²) in [7, 11) is 0. The molecule has 5 heteroatoms. The summed E-state index contributed by atoms with van der Waals surface area (Å²) in [4.78, 5) is 14.2. The Balaban J connectivity index is 1.69. The van der Waals surface area contributed by atoms with Gasteiger partial charge in [0.15, 0.2) is 11.5 Å². The number of nitrogens with two attached hydrogens (primary N) is 1. The fourth-order valence-electron chi connectivity index (χ4n) is 2.56. The van der Waals surface area contributed by atoms with Gasteiger partial charge in [-0.2, -0.15) is 0 Å². The molecule has 2 N–H and O–H groups in total. The lowest BCUT2D eigenvalue weighted by molar-refractivity contribution is -0.142. The number of carbonyl (C=O) groups is 1. The second-order valence-electron chi connectivity index (χ2n) is 5.05. The molecule has 1 aromatic rings. The van der Waals surface area contributed by atoms with Gasteiger partial charge >= 0.3 is 0 Å². The molecule has 0 bridgehead atoms. The predicted molar refractivity (Wildman–Crippen MR) is 70.1 cm³/mol. The lowest BCUT2D eigenvalue weighted by atomic mass is 10.1. The van der Waals surface area contributed by atoms with Crippen LogP contribution in [0.1, 0.15) is 12.8 Å². The van der Waals surface area contributed by atoms with Gasteiger partial charge in [-0.1, -0.05) is 12.1 Å². The van der Waals surface area contributed by atoms with Gasteiger partial charge in [-0.05, 0) is 25.0 Å². The number of carbonyl (C=O) groups excluding carboxylic acids is 1. The highest BCUT2D eigenvalue weighted by atomic mass is 16.6. The molecule has 102 valence electrons. The number of fused-ring (bicyclic) bond motifs is 1. The minimum Gasteiger partial charge on any atom is -0.485 e. The molecule has 5 nitrogen and oxygen atoms in total. The topological polar surface area (TPSA) is 64.8 Å². The third-order valence-corrected chi connectivity index (χ3v) is 3.55. The van der Waals surface area contributed by atoms with E-state index in [-0.39, 0.29) is 18.6 Å². The van der Waals surface area contributed by atoms with Gasteiger partial charge in [0.1, 0.15) is 6.61 Å². The van der Waals surface area contributed by atoms with Crippen LogP contribution in [0.3, 0.4) is 0 Å². The summed E-state index contributed by atoms with van der Waals surface area (Å²) in [6.45, 7) is 1.63. The van der Waals surface area contributed by atoms with Crippen LogP contribution in [-0.2, 0) is 4.79 Å². The van der Waals surface area contributed by atoms with Crippen LogP contribution < -0.4 is 15.2 Å². The fraction of sp³-hybridized carbons (Fsp3) is 0.500. The van der Waals surface area contributed by atoms with Crippen LogP contribution in [-0.4, -0.2) is 42.6 Å². The Hall–Kier alpha value is -1.75. The highest BCUT2D eigenvalue weighted by Crippen LogP contribution is 2.31. The molecule has 1 aromatic carbocycles. The Kier molecular flexibility index (Phi) is 3.29. The lowest BCUT2D eigenvalue weighted by Crippen LogP contribution is -2.52. The Morgan fingerprint density at radius 1 is 1.32 bits per heavy atom. The molecule has 1 amide bonds. The first-order valence-electron chi connectivity index (χ1n) is 6.67. The van der Waals surface area contributed by atoms with Crippen LogP contribution in [0.25, 0.3) is 0 Å². The number of piperidine rings is 1. The summed E-state index contributed by atoms with van der Waals surface area (Å²) in [5, 5.41) is 0. The molecule has 0 aliphatic carbocycles. The molecule has 0 spiro atoms. The van der Waals surface area contributed by atoms with Crippen molar-refractivity contribution in [3.8, 4) is 11.5 Å². The second kappa shape index (κ2) is 5.09. The Morgan fingerprint density at radius 2 is 2.11 bits per heavy atom. The molecule has 3 rings (SSSR count). The van der Waals surface area contributed by atoms with E-state index in [2.05, 4.69) is 0 Å². The van der Waals surface area contributed by atoms with E-state index in [1.165, 1.54) is 0 Å². The van der Waals surface area contributed by atoms with E-state index < -0.39 is 6.10 Å². The van der Waals surface area contributed by atoms with Gasteiger partial charge in [-0.25, -0.2) is 0 Å². The van der Waals surface area contributed by atoms with Crippen LogP contribution in [0, 0.1) is 0 Å². The highest BCUT2D eigenvalue weighted by Gasteiger charge is 2.32. The van der Waals surface area contributed by atoms with Gasteiger partial charge in [0, 0.05) is 19.1 Å². The maximum Gasteiger partial charge on any atom is 0.267 e. The zero-order valence-electron chi connectivity index (χ0n) is 10.7. The van der Waals surface area contributed by atoms with Gasteiger partial charge in [0.25, 0.3) is 5.91 Å². The number of hydrogen-bond acceptors (Lipinski definition) is 4. The van der Waals surface area contributed by atoms with Crippen LogP contribution in [0.4, 0.5) is 0 Å². The molecule has 2 aliphatic heterocycles. The number of rotatable bonds is 1. The SMILES string of the molecule is N[C@H]1CCCN(C(=O)[C@H]2COc3ccccc3O2)C1. The van der Waals surface area contributed by atoms with E-state index in [0.717, 1.165) is 19.4 Å². The number of hydrogen-bond donors (Lipinski definition) is 1. The number of nitrogens with zero attached hydrogens (tertiary/aromatic N) is 1. The third kappa shape index (κ3) is 2.51. The number of amides is 1. The summed E-state index contributed by atoms with van der Waals surface area (Å²) in [5.74, 6) is 1.31. The molecule has 2 atom stereocenters. The van der Waals surface area contributed by atoms with Crippen molar-refractivity contribution in [3.05, 3.63) is 24.3 Å². The molecular formula is C14H18N2O3. The lowest BCUT2D eigenvalue weighted by Gasteiger charge is -2.34. The van der Waals surface area contributed by atoms with Crippen LogP contribution in [0.5, 0.6) is 11.5 Å². The number of benzene rings is 1. The summed E-state index contributed by atoms with van der Waals surface area (Å²) in [6.07, 6.45) is 1.38. The zero-order chi connectivity index (χ0) is 13.2. The van der Waals surface area contributed by atoms with Crippen molar-refractivity contribution in [3.63, 3.8) is 0 Å². The predicted octanol–water partition coefficient (Wildman–Crippen LogP) is 0.776. The Morgan fingerprint density at radius 3 is 2.89 bits per heavy atom. The smallest absolute Gasteiger partial charge is 0.267 e. The van der Waals surface area contributed by atoms with Crippen LogP contribution in [0.2, 0.25) is 0 Å². The Bertz CT molecular complexity index is 478. The molecule has 1 saturated heterocycles. The second-order valence-corrected chi connectivity index (χ2v) is 5.05. The molecule has 2 heterocycles. The van der Waals surface area contributed by atoms with Crippen molar-refractivity contribution in [2.45, 2.75) is 25.0 Å². The maximum atomic E-state index is 12.4. The molecule has 0 unspecified atom stereocenters. The Labute approximate surface area is 112 Å². The first kappa shape index (κ1) is 12.3. The molecule has 0 aromatic heterocycles. The quantitative estimate of drug-likeness (QED) is 0.812. The van der Waals surface area contributed by atoms with Crippen LogP contribution >= 0.6 is 0 Å². The number of likely N-dealkylation sites (tertiary alicyclic amines) is 1. The van der Waals surface area contributed by atoms with E-state index in [9.17, 15) is 4.79 Å². The molecule has 2 aliphatic rings. The largest absolute Gasteiger partial charge is 0.485 e. The first-order valence-corrected chi connectivity index (χ1v) is 6.67. The highest BCUT2D eigenvalue weighted by molar-refractivity contribution is 5.82. The normalized spacial score (nSPS) is 26.1. The summed E-state index contributed by atoms with van der Waals surface area (Å²) >= 11 is 0. The van der Waals surface area contributed by atoms with Gasteiger partial charge in [0.2, 0.25) is 6.10 Å². The maximum absolute atomic E-state index is 12.4. The van der Waals surface area contributed by atoms with E-state index in [4.69, 9.17) is 15.2 Å². The van der Waals surface area contributed by atoms with Crippen LogP contribution in [0.15, 0.2) is 24.3 Å². The fourth-order valence-corrected chi connectivity index (χ4v) is 2.56. The summed E-state index contributed by atoms with van der Waals surface area (Å²) in [6, 6.07) is 7.48. The van der Waals surface area contributed by atoms with Crippen molar-refractivity contribution in [2.75, 3.05) is 19.7 Å². The average Bonchev–Trinajstić information content (AvgIpc) is 2.46. The van der Waals surface area contributed by atoms with Gasteiger partial charge < -0.3 is 20.1 Å². The minimum absolute atomic E-state index is 0.0235. The van der Waals surface area contributed by atoms with Crippen molar-refractivity contribution in [1.29, 1.82) is 0 Å². The monoisotopic (exact) mass is 262 g/mol. The van der Waals surface area contributed by atoms with E-state index >= 15 is 0 Å². The van der Waals surface area contributed by atoms with E-state index in [0.29, 0.717) is 18.0 Å². The standard InChI is InChI=1S/C14H18N2O3/c15-10-4-3-7-16(8-10)14(17)13-9-18-11-5-1-2-6-12(11)19-13/h1-2,5-6,10,13H,3-4,7-9,15H2/t10-,13+/m0/s1. The summed E-state index contributed by atoms with van der Waals surface area (Å²) < 4.78 is 11.3. The molecular weight excluding hydrogens is 244 g/mol. The average molecular weight is 262 g/mol. The number of ether oxygens (including phenoxy) is 2. The van der Waals surface area contributed by atoms with Crippen molar-refractivity contribution in [2.24, 2.45) is 5.73 Å². The van der Waals surface area contributed by atoms with Gasteiger partial charge in [-0.15, -0.1) is 0 Å².